The molecule has 0 aliphatic carbocycles. The van der Waals surface area contributed by atoms with E-state index in [1.165, 1.54) is 12.9 Å². The molecule has 2 heteroatoms. The number of carbonyl (C=O) groups excluding carboxylic acids is 1. The summed E-state index contributed by atoms with van der Waals surface area (Å²) in [4.78, 5) is 10.2. The van der Waals surface area contributed by atoms with Gasteiger partial charge in [-0.25, -0.2) is 0 Å². The molecule has 0 aromatic heterocycles. The topological polar surface area (TPSA) is 17.1 Å². The third-order valence-electron chi connectivity index (χ3n) is 0.805. The van der Waals surface area contributed by atoms with Crippen LogP contribution in [0.2, 0.25) is 0 Å². The summed E-state index contributed by atoms with van der Waals surface area (Å²) in [6.07, 6.45) is 0. The quantitative estimate of drug-likeness (QED) is 0.344. The first-order chi connectivity index (χ1) is 3.18. The molecule has 0 spiro atoms. The number of rotatable bonds is 1. The van der Waals surface area contributed by atoms with E-state index in [4.69, 9.17) is 7.85 Å². The number of ketones is 1. The molecule has 0 fully saturated rings. The number of allylic oxidation sites excluding steroid dienone is 1. The molecule has 0 heterocycles. The monoisotopic (exact) mass is 94.1 g/mol. The van der Waals surface area contributed by atoms with Gasteiger partial charge in [0.25, 0.3) is 0 Å². The molecule has 0 unspecified atom stereocenters. The maximum atomic E-state index is 10.2. The fourth-order valence-electron chi connectivity index (χ4n) is 0.117. The highest BCUT2D eigenvalue weighted by molar-refractivity contribution is 6.20. The maximum Gasteiger partial charge on any atom is 0.154 e. The summed E-state index contributed by atoms with van der Waals surface area (Å²) in [7, 11) is 4.99. The van der Waals surface area contributed by atoms with Gasteiger partial charge >= 0.3 is 0 Å². The van der Waals surface area contributed by atoms with Crippen LogP contribution >= 0.6 is 0 Å². The standard InChI is InChI=1S/C5H7BO/c1-4(3-6)5(2)7/h3H,1-2H3/b4-3-. The summed E-state index contributed by atoms with van der Waals surface area (Å²) >= 11 is 0. The van der Waals surface area contributed by atoms with Crippen LogP contribution in [0.5, 0.6) is 0 Å². The molecule has 0 aliphatic heterocycles. The minimum Gasteiger partial charge on any atom is -0.295 e. The summed E-state index contributed by atoms with van der Waals surface area (Å²) < 4.78 is 0. The highest BCUT2D eigenvalue weighted by Crippen LogP contribution is 1.88. The lowest BCUT2D eigenvalue weighted by atomic mass is 10.0. The lowest BCUT2D eigenvalue weighted by molar-refractivity contribution is -0.113. The highest BCUT2D eigenvalue weighted by Gasteiger charge is 1.88. The van der Waals surface area contributed by atoms with Gasteiger partial charge in [0, 0.05) is 0 Å². The van der Waals surface area contributed by atoms with Crippen LogP contribution in [0.1, 0.15) is 13.8 Å². The van der Waals surface area contributed by atoms with Crippen molar-refractivity contribution in [2.45, 2.75) is 13.8 Å². The smallest absolute Gasteiger partial charge is 0.154 e. The number of hydrogen-bond acceptors (Lipinski definition) is 1. The van der Waals surface area contributed by atoms with Crippen molar-refractivity contribution >= 4 is 13.6 Å². The van der Waals surface area contributed by atoms with Crippen molar-refractivity contribution < 1.29 is 4.79 Å². The van der Waals surface area contributed by atoms with Gasteiger partial charge in [-0.2, -0.15) is 0 Å². The van der Waals surface area contributed by atoms with Gasteiger partial charge in [-0.05, 0) is 19.4 Å². The molecule has 0 saturated carbocycles. The van der Waals surface area contributed by atoms with E-state index in [1.54, 1.807) is 6.92 Å². The average Bonchev–Trinajstić information content (AvgIpc) is 1.65. The fourth-order valence-corrected chi connectivity index (χ4v) is 0.117. The molecule has 0 N–H and O–H groups in total. The van der Waals surface area contributed by atoms with Gasteiger partial charge in [0.1, 0.15) is 7.85 Å². The molecule has 36 valence electrons. The Labute approximate surface area is 44.8 Å². The Bertz CT molecular complexity index is 105. The fraction of sp³-hybridized carbons (Fsp3) is 0.400. The third kappa shape index (κ3) is 2.21. The van der Waals surface area contributed by atoms with Gasteiger partial charge in [0.2, 0.25) is 0 Å². The lowest BCUT2D eigenvalue weighted by Gasteiger charge is -1.85. The number of carbonyl (C=O) groups is 1. The molecule has 0 saturated heterocycles. The summed E-state index contributed by atoms with van der Waals surface area (Å²) in [6.45, 7) is 3.17. The van der Waals surface area contributed by atoms with Crippen molar-refractivity contribution in [1.82, 2.24) is 0 Å². The van der Waals surface area contributed by atoms with Crippen LogP contribution < -0.4 is 0 Å². The molecule has 7 heavy (non-hydrogen) atoms. The summed E-state index contributed by atoms with van der Waals surface area (Å²) in [6, 6.07) is 0. The molecule has 0 amide bonds. The number of hydrogen-bond donors (Lipinski definition) is 0. The normalized spacial score (nSPS) is 11.4. The van der Waals surface area contributed by atoms with E-state index >= 15 is 0 Å². The van der Waals surface area contributed by atoms with Crippen LogP contribution in [0.3, 0.4) is 0 Å². The van der Waals surface area contributed by atoms with Crippen molar-refractivity contribution in [2.75, 3.05) is 0 Å². The maximum absolute atomic E-state index is 10.2. The zero-order chi connectivity index (χ0) is 5.86. The Balaban J connectivity index is 3.82. The van der Waals surface area contributed by atoms with E-state index < -0.39 is 0 Å². The average molecular weight is 93.9 g/mol. The molecular weight excluding hydrogens is 86.9 g/mol. The van der Waals surface area contributed by atoms with Crippen molar-refractivity contribution in [2.24, 2.45) is 0 Å². The molecule has 0 rings (SSSR count). The first-order valence-corrected chi connectivity index (χ1v) is 2.08. The van der Waals surface area contributed by atoms with Crippen LogP contribution in [0.25, 0.3) is 0 Å². The van der Waals surface area contributed by atoms with Crippen LogP contribution in [0.4, 0.5) is 0 Å². The second-order valence-electron chi connectivity index (χ2n) is 1.41. The highest BCUT2D eigenvalue weighted by atomic mass is 16.1. The van der Waals surface area contributed by atoms with Crippen molar-refractivity contribution in [3.05, 3.63) is 11.5 Å². The Kier molecular flexibility index (Phi) is 2.42. The largest absolute Gasteiger partial charge is 0.295 e. The molecule has 0 bridgehead atoms. The Hall–Kier alpha value is -0.525. The van der Waals surface area contributed by atoms with E-state index in [0.29, 0.717) is 5.57 Å². The van der Waals surface area contributed by atoms with Gasteiger partial charge < -0.3 is 0 Å². The Morgan fingerprint density at radius 1 is 1.57 bits per heavy atom. The molecule has 0 aliphatic rings. The summed E-state index contributed by atoms with van der Waals surface area (Å²) in [5, 5.41) is 0. The van der Waals surface area contributed by atoms with Gasteiger partial charge in [-0.3, -0.25) is 4.79 Å². The summed E-state index contributed by atoms with van der Waals surface area (Å²) in [5.74, 6) is 1.34. The Morgan fingerprint density at radius 2 is 2.00 bits per heavy atom. The second kappa shape index (κ2) is 2.62. The molecule has 0 atom stereocenters. The SMILES string of the molecule is [B]/C=C(/C)C(C)=O. The predicted octanol–water partition coefficient (Wildman–Crippen LogP) is 0.648. The van der Waals surface area contributed by atoms with Crippen LogP contribution in [0, 0.1) is 0 Å². The molecule has 0 aromatic carbocycles. The van der Waals surface area contributed by atoms with E-state index in [0.717, 1.165) is 0 Å². The zero-order valence-electron chi connectivity index (χ0n) is 4.56. The van der Waals surface area contributed by atoms with E-state index in [9.17, 15) is 4.79 Å². The van der Waals surface area contributed by atoms with Gasteiger partial charge in [0.05, 0.1) is 0 Å². The van der Waals surface area contributed by atoms with E-state index in [-0.39, 0.29) is 5.78 Å². The van der Waals surface area contributed by atoms with E-state index in [1.807, 2.05) is 0 Å². The first kappa shape index (κ1) is 6.47. The predicted molar refractivity (Wildman–Crippen MR) is 30.2 cm³/mol. The second-order valence-corrected chi connectivity index (χ2v) is 1.41. The van der Waals surface area contributed by atoms with Crippen molar-refractivity contribution in [3.63, 3.8) is 0 Å². The van der Waals surface area contributed by atoms with Crippen molar-refractivity contribution in [3.8, 4) is 0 Å². The molecular formula is C5H7BO. The lowest BCUT2D eigenvalue weighted by Crippen LogP contribution is -1.89. The van der Waals surface area contributed by atoms with Crippen LogP contribution in [0.15, 0.2) is 11.5 Å². The van der Waals surface area contributed by atoms with Crippen LogP contribution in [-0.4, -0.2) is 13.6 Å². The molecule has 2 radical (unpaired) electrons. The molecule has 1 nitrogen and oxygen atoms in total. The minimum absolute atomic E-state index is 0.0301. The van der Waals surface area contributed by atoms with E-state index in [2.05, 4.69) is 0 Å². The van der Waals surface area contributed by atoms with Gasteiger partial charge in [0.15, 0.2) is 5.78 Å². The van der Waals surface area contributed by atoms with Crippen LogP contribution in [-0.2, 0) is 4.79 Å². The van der Waals surface area contributed by atoms with Gasteiger partial charge in [-0.1, -0.05) is 0 Å². The third-order valence-corrected chi connectivity index (χ3v) is 0.805. The molecule has 0 aromatic rings. The summed E-state index contributed by atoms with van der Waals surface area (Å²) in [5.41, 5.74) is 0.611. The minimum atomic E-state index is 0.0301. The Morgan fingerprint density at radius 3 is 2.00 bits per heavy atom. The number of Topliss-reactive ketones (excluding diaryl/α,β-unsaturated/α-hetero) is 1. The first-order valence-electron chi connectivity index (χ1n) is 2.08. The van der Waals surface area contributed by atoms with Gasteiger partial charge in [-0.15, -0.1) is 5.98 Å². The van der Waals surface area contributed by atoms with Crippen molar-refractivity contribution in [1.29, 1.82) is 0 Å². The zero-order valence-corrected chi connectivity index (χ0v) is 4.56.